The molecule has 5 heteroatoms. The molecule has 0 atom stereocenters. The van der Waals surface area contributed by atoms with E-state index >= 15 is 0 Å². The Balaban J connectivity index is 2.62. The molecule has 2 rings (SSSR count). The van der Waals surface area contributed by atoms with Crippen LogP contribution in [0.1, 0.15) is 11.3 Å². The standard InChI is InChI=1S/C9H7F3N2/c1-5-2-7-8(14-5)3-6(4-13-7)9(10,11)12/h2-4,14H,1H3. The molecule has 1 N–H and O–H groups in total. The van der Waals surface area contributed by atoms with Crippen molar-refractivity contribution in [3.63, 3.8) is 0 Å². The number of aromatic nitrogens is 2. The normalized spacial score (nSPS) is 12.3. The fourth-order valence-electron chi connectivity index (χ4n) is 1.30. The van der Waals surface area contributed by atoms with Gasteiger partial charge >= 0.3 is 6.18 Å². The van der Waals surface area contributed by atoms with E-state index < -0.39 is 11.7 Å². The zero-order chi connectivity index (χ0) is 10.3. The Hall–Kier alpha value is -1.52. The number of H-pyrrole nitrogens is 1. The molecule has 0 aliphatic rings. The predicted octanol–water partition coefficient (Wildman–Crippen LogP) is 2.89. The van der Waals surface area contributed by atoms with Gasteiger partial charge in [-0.1, -0.05) is 0 Å². The van der Waals surface area contributed by atoms with Crippen molar-refractivity contribution in [2.75, 3.05) is 0 Å². The Labute approximate surface area is 77.8 Å². The molecule has 2 nitrogen and oxygen atoms in total. The van der Waals surface area contributed by atoms with Gasteiger partial charge in [-0.2, -0.15) is 13.2 Å². The summed E-state index contributed by atoms with van der Waals surface area (Å²) >= 11 is 0. The predicted molar refractivity (Wildman–Crippen MR) is 45.8 cm³/mol. The van der Waals surface area contributed by atoms with Crippen LogP contribution in [0.15, 0.2) is 18.3 Å². The summed E-state index contributed by atoms with van der Waals surface area (Å²) in [4.78, 5) is 6.53. The van der Waals surface area contributed by atoms with E-state index in [0.29, 0.717) is 11.0 Å². The Bertz CT molecular complexity index is 470. The number of hydrogen-bond donors (Lipinski definition) is 1. The Morgan fingerprint density at radius 3 is 2.64 bits per heavy atom. The molecule has 0 spiro atoms. The van der Waals surface area contributed by atoms with E-state index in [2.05, 4.69) is 9.97 Å². The van der Waals surface area contributed by atoms with Gasteiger partial charge in [0.2, 0.25) is 0 Å². The van der Waals surface area contributed by atoms with E-state index in [4.69, 9.17) is 0 Å². The van der Waals surface area contributed by atoms with Gasteiger partial charge in [-0.25, -0.2) is 0 Å². The number of alkyl halides is 3. The lowest BCUT2D eigenvalue weighted by atomic mass is 10.2. The summed E-state index contributed by atoms with van der Waals surface area (Å²) < 4.78 is 36.8. The lowest BCUT2D eigenvalue weighted by molar-refractivity contribution is -0.137. The number of hydrogen-bond acceptors (Lipinski definition) is 1. The molecule has 74 valence electrons. The first kappa shape index (κ1) is 9.05. The molecule has 2 heterocycles. The zero-order valence-electron chi connectivity index (χ0n) is 7.31. The lowest BCUT2D eigenvalue weighted by Crippen LogP contribution is -2.04. The number of halogens is 3. The van der Waals surface area contributed by atoms with Crippen LogP contribution in [0.25, 0.3) is 11.0 Å². The highest BCUT2D eigenvalue weighted by Gasteiger charge is 2.31. The minimum absolute atomic E-state index is 0.414. The molecule has 0 amide bonds. The summed E-state index contributed by atoms with van der Waals surface area (Å²) in [6, 6.07) is 2.77. The number of rotatable bonds is 0. The molecule has 0 bridgehead atoms. The molecule has 0 fully saturated rings. The van der Waals surface area contributed by atoms with Crippen molar-refractivity contribution < 1.29 is 13.2 Å². The van der Waals surface area contributed by atoms with Crippen molar-refractivity contribution in [2.24, 2.45) is 0 Å². The van der Waals surface area contributed by atoms with Gasteiger partial charge in [0.15, 0.2) is 0 Å². The molecule has 0 radical (unpaired) electrons. The fraction of sp³-hybridized carbons (Fsp3) is 0.222. The summed E-state index contributed by atoms with van der Waals surface area (Å²) in [5.41, 5.74) is 1.03. The molecule has 14 heavy (non-hydrogen) atoms. The summed E-state index contributed by atoms with van der Waals surface area (Å²) in [6.45, 7) is 1.77. The Kier molecular flexibility index (Phi) is 1.77. The highest BCUT2D eigenvalue weighted by molar-refractivity contribution is 5.76. The summed E-state index contributed by atoms with van der Waals surface area (Å²) in [7, 11) is 0. The van der Waals surface area contributed by atoms with Crippen molar-refractivity contribution in [3.05, 3.63) is 29.6 Å². The molecule has 0 saturated carbocycles. The lowest BCUT2D eigenvalue weighted by Gasteiger charge is -2.04. The molecule has 0 aromatic carbocycles. The van der Waals surface area contributed by atoms with E-state index in [-0.39, 0.29) is 0 Å². The average molecular weight is 200 g/mol. The maximum absolute atomic E-state index is 12.3. The number of aromatic amines is 1. The first-order valence-electron chi connectivity index (χ1n) is 3.99. The SMILES string of the molecule is Cc1cc2ncc(C(F)(F)F)cc2[nH]1. The van der Waals surface area contributed by atoms with Crippen LogP contribution in [0.2, 0.25) is 0 Å². The first-order valence-corrected chi connectivity index (χ1v) is 3.99. The van der Waals surface area contributed by atoms with Gasteiger partial charge in [-0.15, -0.1) is 0 Å². The van der Waals surface area contributed by atoms with E-state index in [9.17, 15) is 13.2 Å². The van der Waals surface area contributed by atoms with Gasteiger partial charge in [0.25, 0.3) is 0 Å². The second kappa shape index (κ2) is 2.73. The van der Waals surface area contributed by atoms with Gasteiger partial charge in [0.1, 0.15) is 0 Å². The molecular weight excluding hydrogens is 193 g/mol. The molecular formula is C9H7F3N2. The van der Waals surface area contributed by atoms with Gasteiger partial charge in [0.05, 0.1) is 16.6 Å². The highest BCUT2D eigenvalue weighted by atomic mass is 19.4. The highest BCUT2D eigenvalue weighted by Crippen LogP contribution is 2.30. The third kappa shape index (κ3) is 1.45. The third-order valence-corrected chi connectivity index (χ3v) is 1.93. The zero-order valence-corrected chi connectivity index (χ0v) is 7.31. The topological polar surface area (TPSA) is 28.7 Å². The molecule has 2 aromatic rings. The van der Waals surface area contributed by atoms with Crippen molar-refractivity contribution in [3.8, 4) is 0 Å². The van der Waals surface area contributed by atoms with Crippen LogP contribution in [0.5, 0.6) is 0 Å². The number of aryl methyl sites for hydroxylation is 1. The van der Waals surface area contributed by atoms with E-state index in [0.717, 1.165) is 18.0 Å². The van der Waals surface area contributed by atoms with Crippen molar-refractivity contribution >= 4 is 11.0 Å². The maximum Gasteiger partial charge on any atom is 0.417 e. The third-order valence-electron chi connectivity index (χ3n) is 1.93. The largest absolute Gasteiger partial charge is 0.417 e. The molecule has 2 aromatic heterocycles. The molecule has 0 unspecified atom stereocenters. The van der Waals surface area contributed by atoms with E-state index in [1.54, 1.807) is 13.0 Å². The molecule has 0 aliphatic heterocycles. The van der Waals surface area contributed by atoms with Crippen LogP contribution < -0.4 is 0 Å². The number of pyridine rings is 1. The summed E-state index contributed by atoms with van der Waals surface area (Å²) in [5.74, 6) is 0. The number of nitrogens with zero attached hydrogens (tertiary/aromatic N) is 1. The Morgan fingerprint density at radius 1 is 1.29 bits per heavy atom. The number of nitrogens with one attached hydrogen (secondary N) is 1. The first-order chi connectivity index (χ1) is 6.47. The van der Waals surface area contributed by atoms with E-state index in [1.807, 2.05) is 0 Å². The van der Waals surface area contributed by atoms with Crippen LogP contribution in [0.4, 0.5) is 13.2 Å². The van der Waals surface area contributed by atoms with E-state index in [1.165, 1.54) is 0 Å². The fourth-order valence-corrected chi connectivity index (χ4v) is 1.30. The monoisotopic (exact) mass is 200 g/mol. The van der Waals surface area contributed by atoms with Crippen LogP contribution in [-0.2, 0) is 6.18 Å². The van der Waals surface area contributed by atoms with Crippen LogP contribution in [0, 0.1) is 6.92 Å². The average Bonchev–Trinajstić information content (AvgIpc) is 2.41. The summed E-state index contributed by atoms with van der Waals surface area (Å²) in [6.07, 6.45) is -3.49. The quantitative estimate of drug-likeness (QED) is 0.695. The van der Waals surface area contributed by atoms with Crippen LogP contribution >= 0.6 is 0 Å². The molecule has 0 aliphatic carbocycles. The van der Waals surface area contributed by atoms with Crippen molar-refractivity contribution in [2.45, 2.75) is 13.1 Å². The maximum atomic E-state index is 12.3. The minimum atomic E-state index is -4.33. The van der Waals surface area contributed by atoms with Crippen LogP contribution in [0.3, 0.4) is 0 Å². The molecule has 0 saturated heterocycles. The second-order valence-electron chi connectivity index (χ2n) is 3.11. The summed E-state index contributed by atoms with van der Waals surface area (Å²) in [5, 5.41) is 0. The van der Waals surface area contributed by atoms with Gasteiger partial charge < -0.3 is 4.98 Å². The van der Waals surface area contributed by atoms with Crippen molar-refractivity contribution in [1.29, 1.82) is 0 Å². The second-order valence-corrected chi connectivity index (χ2v) is 3.11. The minimum Gasteiger partial charge on any atom is -0.357 e. The Morgan fingerprint density at radius 2 is 2.00 bits per heavy atom. The van der Waals surface area contributed by atoms with Crippen LogP contribution in [-0.4, -0.2) is 9.97 Å². The van der Waals surface area contributed by atoms with Gasteiger partial charge in [-0.3, -0.25) is 4.98 Å². The number of fused-ring (bicyclic) bond motifs is 1. The van der Waals surface area contributed by atoms with Gasteiger partial charge in [0, 0.05) is 11.9 Å². The van der Waals surface area contributed by atoms with Crippen molar-refractivity contribution in [1.82, 2.24) is 9.97 Å². The smallest absolute Gasteiger partial charge is 0.357 e. The van der Waals surface area contributed by atoms with Gasteiger partial charge in [-0.05, 0) is 19.1 Å².